The van der Waals surface area contributed by atoms with Gasteiger partial charge in [0.15, 0.2) is 5.65 Å². The Morgan fingerprint density at radius 1 is 1.00 bits per heavy atom. The van der Waals surface area contributed by atoms with Crippen LogP contribution >= 0.6 is 0 Å². The molecule has 1 saturated heterocycles. The number of fused-ring (bicyclic) bond motifs is 1. The van der Waals surface area contributed by atoms with Crippen LogP contribution in [-0.2, 0) is 16.0 Å². The van der Waals surface area contributed by atoms with E-state index in [0.29, 0.717) is 19.1 Å². The zero-order valence-corrected chi connectivity index (χ0v) is 24.2. The number of nitrogens with one attached hydrogen (secondary N) is 2. The molecule has 5 rings (SSSR count). The predicted octanol–water partition coefficient (Wildman–Crippen LogP) is 5.12. The average Bonchev–Trinajstić information content (AvgIpc) is 3.41. The first-order chi connectivity index (χ1) is 20.1. The molecular weight excluding hydrogens is 512 g/mol. The van der Waals surface area contributed by atoms with E-state index in [4.69, 9.17) is 4.74 Å². The van der Waals surface area contributed by atoms with Crippen molar-refractivity contribution < 1.29 is 9.53 Å². The molecule has 3 heterocycles. The number of imidazole rings is 1. The van der Waals surface area contributed by atoms with Crippen molar-refractivity contribution in [2.24, 2.45) is 5.92 Å². The minimum atomic E-state index is -0.229. The molecule has 1 aliphatic rings. The van der Waals surface area contributed by atoms with Crippen LogP contribution in [0.5, 0.6) is 0 Å². The fourth-order valence-corrected chi connectivity index (χ4v) is 5.56. The molecule has 1 unspecified atom stereocenters. The molecule has 0 spiro atoms. The fraction of sp³-hybridized carbons (Fsp3) is 0.424. The number of ether oxygens (including phenoxy) is 1. The minimum absolute atomic E-state index is 0.191. The molecule has 2 aromatic heterocycles. The molecule has 0 saturated carbocycles. The Hall–Kier alpha value is -3.75. The van der Waals surface area contributed by atoms with Crippen LogP contribution in [0, 0.1) is 5.92 Å². The summed E-state index contributed by atoms with van der Waals surface area (Å²) in [6.07, 6.45) is 5.80. The Bertz CT molecular complexity index is 1330. The van der Waals surface area contributed by atoms with Crippen LogP contribution in [0.15, 0.2) is 79.0 Å². The van der Waals surface area contributed by atoms with Gasteiger partial charge in [0.1, 0.15) is 5.82 Å². The van der Waals surface area contributed by atoms with Crippen molar-refractivity contribution >= 4 is 17.4 Å². The summed E-state index contributed by atoms with van der Waals surface area (Å²) >= 11 is 0. The van der Waals surface area contributed by atoms with Gasteiger partial charge in [-0.2, -0.15) is 0 Å². The van der Waals surface area contributed by atoms with Crippen molar-refractivity contribution in [1.82, 2.24) is 24.8 Å². The van der Waals surface area contributed by atoms with Crippen LogP contribution in [0.25, 0.3) is 5.65 Å². The van der Waals surface area contributed by atoms with Crippen molar-refractivity contribution in [3.63, 3.8) is 0 Å². The number of carbonyl (C=O) groups is 1. The van der Waals surface area contributed by atoms with Gasteiger partial charge in [-0.25, -0.2) is 9.50 Å². The Morgan fingerprint density at radius 3 is 2.34 bits per heavy atom. The highest BCUT2D eigenvalue weighted by Gasteiger charge is 2.23. The van der Waals surface area contributed by atoms with Gasteiger partial charge in [-0.15, -0.1) is 5.10 Å². The molecule has 0 bridgehead atoms. The Kier molecular flexibility index (Phi) is 9.99. The molecule has 0 radical (unpaired) electrons. The Morgan fingerprint density at radius 2 is 1.68 bits per heavy atom. The monoisotopic (exact) mass is 554 g/mol. The van der Waals surface area contributed by atoms with Gasteiger partial charge in [-0.3, -0.25) is 4.79 Å². The Labute approximate surface area is 243 Å². The highest BCUT2D eigenvalue weighted by molar-refractivity contribution is 5.72. The highest BCUT2D eigenvalue weighted by atomic mass is 16.5. The third kappa shape index (κ3) is 7.93. The average molecular weight is 555 g/mol. The molecule has 4 aromatic rings. The number of carbonyl (C=O) groups excluding carboxylic acids is 1. The number of likely N-dealkylation sites (tertiary alicyclic amines) is 1. The van der Waals surface area contributed by atoms with E-state index in [1.807, 2.05) is 32.2 Å². The standard InChI is InChI=1S/C33H42N6O2/c1-3-41-33(40)25(2)23-29-24-39-31(35-29)16-15-30(37-39)34-19-10-20-38-21-17-28(18-22-38)36-32(26-11-6-4-7-12-26)27-13-8-5-9-14-27/h4-9,11-16,24-25,28,32,36H,3,10,17-23H2,1-2H3,(H,34,37). The lowest BCUT2D eigenvalue weighted by atomic mass is 9.95. The summed E-state index contributed by atoms with van der Waals surface area (Å²) in [4.78, 5) is 19.1. The van der Waals surface area contributed by atoms with E-state index in [1.165, 1.54) is 11.1 Å². The molecule has 0 amide bonds. The fourth-order valence-electron chi connectivity index (χ4n) is 5.56. The highest BCUT2D eigenvalue weighted by Crippen LogP contribution is 2.24. The lowest BCUT2D eigenvalue weighted by Gasteiger charge is -2.35. The normalized spacial score (nSPS) is 15.3. The van der Waals surface area contributed by atoms with Gasteiger partial charge in [-0.1, -0.05) is 67.6 Å². The van der Waals surface area contributed by atoms with Crippen LogP contribution in [-0.4, -0.2) is 64.3 Å². The van der Waals surface area contributed by atoms with Gasteiger partial charge >= 0.3 is 5.97 Å². The summed E-state index contributed by atoms with van der Waals surface area (Å²) in [6, 6.07) is 26.2. The molecule has 8 heteroatoms. The second kappa shape index (κ2) is 14.2. The Balaban J connectivity index is 1.05. The number of esters is 1. The van der Waals surface area contributed by atoms with E-state index in [0.717, 1.165) is 62.6 Å². The molecule has 2 aromatic carbocycles. The minimum Gasteiger partial charge on any atom is -0.466 e. The van der Waals surface area contributed by atoms with E-state index in [2.05, 4.69) is 86.3 Å². The molecular formula is C33H42N6O2. The third-order valence-electron chi connectivity index (χ3n) is 7.79. The van der Waals surface area contributed by atoms with Crippen molar-refractivity contribution in [2.45, 2.75) is 51.6 Å². The summed E-state index contributed by atoms with van der Waals surface area (Å²) < 4.78 is 6.90. The van der Waals surface area contributed by atoms with Crippen molar-refractivity contribution in [1.29, 1.82) is 0 Å². The van der Waals surface area contributed by atoms with Crippen LogP contribution < -0.4 is 10.6 Å². The number of hydrogen-bond donors (Lipinski definition) is 2. The molecule has 216 valence electrons. The first kappa shape index (κ1) is 28.8. The number of benzene rings is 2. The van der Waals surface area contributed by atoms with E-state index in [1.54, 1.807) is 4.52 Å². The SMILES string of the molecule is CCOC(=O)C(C)Cc1cn2nc(NCCCN3CCC(NC(c4ccccc4)c4ccccc4)CC3)ccc2n1. The number of nitrogens with zero attached hydrogens (tertiary/aromatic N) is 4. The summed E-state index contributed by atoms with van der Waals surface area (Å²) in [5.74, 6) is 0.409. The van der Waals surface area contributed by atoms with Crippen LogP contribution in [0.1, 0.15) is 56.0 Å². The summed E-state index contributed by atoms with van der Waals surface area (Å²) in [5, 5.41) is 12.1. The summed E-state index contributed by atoms with van der Waals surface area (Å²) in [7, 11) is 0. The lowest BCUT2D eigenvalue weighted by Crippen LogP contribution is -2.44. The maximum Gasteiger partial charge on any atom is 0.309 e. The maximum atomic E-state index is 12.0. The zero-order valence-electron chi connectivity index (χ0n) is 24.2. The molecule has 0 aliphatic carbocycles. The van der Waals surface area contributed by atoms with Crippen molar-refractivity contribution in [2.75, 3.05) is 38.1 Å². The second-order valence-electron chi connectivity index (χ2n) is 10.9. The van der Waals surface area contributed by atoms with Crippen LogP contribution in [0.2, 0.25) is 0 Å². The van der Waals surface area contributed by atoms with Gasteiger partial charge in [0, 0.05) is 19.0 Å². The summed E-state index contributed by atoms with van der Waals surface area (Å²) in [5.41, 5.74) is 4.25. The molecule has 1 fully saturated rings. The second-order valence-corrected chi connectivity index (χ2v) is 10.9. The zero-order chi connectivity index (χ0) is 28.4. The van der Waals surface area contributed by atoms with Gasteiger partial charge in [0.2, 0.25) is 0 Å². The van der Waals surface area contributed by atoms with Crippen molar-refractivity contribution in [3.05, 3.63) is 95.8 Å². The predicted molar refractivity (Wildman–Crippen MR) is 163 cm³/mol. The topological polar surface area (TPSA) is 83.8 Å². The van der Waals surface area contributed by atoms with Gasteiger partial charge < -0.3 is 20.3 Å². The first-order valence-corrected chi connectivity index (χ1v) is 14.9. The van der Waals surface area contributed by atoms with E-state index in [-0.39, 0.29) is 17.9 Å². The first-order valence-electron chi connectivity index (χ1n) is 14.9. The van der Waals surface area contributed by atoms with Crippen LogP contribution in [0.3, 0.4) is 0 Å². The number of rotatable bonds is 13. The molecule has 1 aliphatic heterocycles. The molecule has 1 atom stereocenters. The number of aromatic nitrogens is 3. The van der Waals surface area contributed by atoms with Crippen molar-refractivity contribution in [3.8, 4) is 0 Å². The van der Waals surface area contributed by atoms with E-state index >= 15 is 0 Å². The maximum absolute atomic E-state index is 12.0. The molecule has 41 heavy (non-hydrogen) atoms. The largest absolute Gasteiger partial charge is 0.466 e. The van der Waals surface area contributed by atoms with Gasteiger partial charge in [0.05, 0.1) is 30.5 Å². The lowest BCUT2D eigenvalue weighted by molar-refractivity contribution is -0.147. The summed E-state index contributed by atoms with van der Waals surface area (Å²) in [6.45, 7) is 8.24. The van der Waals surface area contributed by atoms with Gasteiger partial charge in [-0.05, 0) is 69.1 Å². The smallest absolute Gasteiger partial charge is 0.309 e. The third-order valence-corrected chi connectivity index (χ3v) is 7.79. The number of anilines is 1. The molecule has 8 nitrogen and oxygen atoms in total. The number of piperidine rings is 1. The number of hydrogen-bond acceptors (Lipinski definition) is 7. The quantitative estimate of drug-likeness (QED) is 0.175. The van der Waals surface area contributed by atoms with E-state index in [9.17, 15) is 4.79 Å². The molecule has 2 N–H and O–H groups in total. The van der Waals surface area contributed by atoms with E-state index < -0.39 is 0 Å². The van der Waals surface area contributed by atoms with Gasteiger partial charge in [0.25, 0.3) is 0 Å². The van der Waals surface area contributed by atoms with Crippen LogP contribution in [0.4, 0.5) is 5.82 Å².